The standard InChI is InChI=1S/C39H40N8O5/c1-4-5-8-27-24-35(47(46-27)29-13-11-25(2)12-14-29)44-39(50)43-33-15-16-34(32-10-7-6-9-31(32)33)52-36-17-18-41-38(45-36)42-28-21-26(22-30(23-28)51-3)37(49)40-19-20-48/h6-7,9-18,21-24,48H,4-5,8,19-20H2,1-3H3,(H,40,49)(H,41,42,45)(H2,43,44,50). The number of nitrogens with one attached hydrogen (secondary N) is 4. The molecule has 266 valence electrons. The molecule has 0 aliphatic carbocycles. The SMILES string of the molecule is CCCCc1cc(NC(=O)Nc2ccc(Oc3ccnc(Nc4cc(OC)cc(C(=O)NCCO)c4)n3)c3ccccc23)n(-c2ccc(C)cc2)n1. The highest BCUT2D eigenvalue weighted by Crippen LogP contribution is 2.34. The number of carbonyl (C=O) groups is 2. The molecule has 5 N–H and O–H groups in total. The van der Waals surface area contributed by atoms with Crippen molar-refractivity contribution in [3.63, 3.8) is 0 Å². The second-order valence-electron chi connectivity index (χ2n) is 12.0. The molecule has 0 bridgehead atoms. The Labute approximate surface area is 301 Å². The van der Waals surface area contributed by atoms with Crippen LogP contribution < -0.4 is 30.7 Å². The monoisotopic (exact) mass is 700 g/mol. The molecule has 3 amide bonds. The second kappa shape index (κ2) is 16.5. The summed E-state index contributed by atoms with van der Waals surface area (Å²) >= 11 is 0. The summed E-state index contributed by atoms with van der Waals surface area (Å²) < 4.78 is 13.4. The van der Waals surface area contributed by atoms with Gasteiger partial charge in [0, 0.05) is 53.0 Å². The van der Waals surface area contributed by atoms with Crippen molar-refractivity contribution >= 4 is 45.9 Å². The topological polar surface area (TPSA) is 165 Å². The first-order valence-electron chi connectivity index (χ1n) is 16.9. The van der Waals surface area contributed by atoms with Crippen LogP contribution in [0.3, 0.4) is 0 Å². The molecule has 13 nitrogen and oxygen atoms in total. The van der Waals surface area contributed by atoms with Gasteiger partial charge in [0.25, 0.3) is 5.91 Å². The maximum absolute atomic E-state index is 13.4. The summed E-state index contributed by atoms with van der Waals surface area (Å²) in [6.07, 6.45) is 4.41. The highest BCUT2D eigenvalue weighted by atomic mass is 16.5. The number of anilines is 4. The molecule has 0 saturated heterocycles. The number of aliphatic hydroxyl groups excluding tert-OH is 1. The lowest BCUT2D eigenvalue weighted by molar-refractivity contribution is 0.0944. The van der Waals surface area contributed by atoms with Gasteiger partial charge in [0.1, 0.15) is 17.3 Å². The Morgan fingerprint density at radius 3 is 2.50 bits per heavy atom. The van der Waals surface area contributed by atoms with E-state index < -0.39 is 6.03 Å². The van der Waals surface area contributed by atoms with Gasteiger partial charge in [-0.3, -0.25) is 10.1 Å². The summed E-state index contributed by atoms with van der Waals surface area (Å²) in [4.78, 5) is 34.8. The molecule has 0 aliphatic rings. The van der Waals surface area contributed by atoms with E-state index in [4.69, 9.17) is 19.7 Å². The Morgan fingerprint density at radius 1 is 0.923 bits per heavy atom. The fourth-order valence-electron chi connectivity index (χ4n) is 5.51. The summed E-state index contributed by atoms with van der Waals surface area (Å²) in [5.74, 6) is 1.69. The molecule has 0 spiro atoms. The van der Waals surface area contributed by atoms with E-state index >= 15 is 0 Å². The smallest absolute Gasteiger partial charge is 0.324 e. The number of fused-ring (bicyclic) bond motifs is 1. The summed E-state index contributed by atoms with van der Waals surface area (Å²) in [7, 11) is 1.50. The van der Waals surface area contributed by atoms with Crippen LogP contribution in [0.5, 0.6) is 17.4 Å². The Bertz CT molecular complexity index is 2180. The molecule has 13 heteroatoms. The quantitative estimate of drug-likeness (QED) is 0.0780. The number of carbonyl (C=O) groups excluding carboxylic acids is 2. The molecular formula is C39H40N8O5. The van der Waals surface area contributed by atoms with Crippen molar-refractivity contribution in [1.82, 2.24) is 25.1 Å². The Morgan fingerprint density at radius 2 is 1.73 bits per heavy atom. The fraction of sp³-hybridized carbons (Fsp3) is 0.205. The van der Waals surface area contributed by atoms with Crippen molar-refractivity contribution in [3.05, 3.63) is 114 Å². The first kappa shape index (κ1) is 35.4. The van der Waals surface area contributed by atoms with Crippen LogP contribution in [0.25, 0.3) is 16.5 Å². The zero-order chi connectivity index (χ0) is 36.5. The minimum Gasteiger partial charge on any atom is -0.497 e. The van der Waals surface area contributed by atoms with Crippen molar-refractivity contribution in [3.8, 4) is 23.1 Å². The van der Waals surface area contributed by atoms with Crippen LogP contribution in [0, 0.1) is 6.92 Å². The number of hydrogen-bond acceptors (Lipinski definition) is 9. The Balaban J connectivity index is 1.20. The van der Waals surface area contributed by atoms with Gasteiger partial charge < -0.3 is 30.5 Å². The van der Waals surface area contributed by atoms with Crippen LogP contribution in [0.2, 0.25) is 0 Å². The van der Waals surface area contributed by atoms with E-state index in [0.717, 1.165) is 47.0 Å². The zero-order valence-electron chi connectivity index (χ0n) is 29.1. The number of aliphatic hydroxyl groups is 1. The maximum atomic E-state index is 13.4. The lowest BCUT2D eigenvalue weighted by Gasteiger charge is -2.14. The van der Waals surface area contributed by atoms with Crippen LogP contribution in [0.15, 0.2) is 97.2 Å². The van der Waals surface area contributed by atoms with Crippen LogP contribution in [0.1, 0.15) is 41.4 Å². The third kappa shape index (κ3) is 8.63. The first-order valence-corrected chi connectivity index (χ1v) is 16.9. The number of aryl methyl sites for hydroxylation is 2. The number of unbranched alkanes of at least 4 members (excludes halogenated alkanes) is 1. The average Bonchev–Trinajstić information content (AvgIpc) is 3.56. The van der Waals surface area contributed by atoms with Gasteiger partial charge >= 0.3 is 6.03 Å². The van der Waals surface area contributed by atoms with Gasteiger partial charge in [-0.25, -0.2) is 14.5 Å². The molecule has 0 atom stereocenters. The highest BCUT2D eigenvalue weighted by molar-refractivity contribution is 6.07. The average molecular weight is 701 g/mol. The molecule has 0 fully saturated rings. The first-order chi connectivity index (χ1) is 25.3. The number of rotatable bonds is 14. The number of aromatic nitrogens is 4. The lowest BCUT2D eigenvalue weighted by atomic mass is 10.1. The van der Waals surface area contributed by atoms with Crippen LogP contribution in [0.4, 0.5) is 27.9 Å². The summed E-state index contributed by atoms with van der Waals surface area (Å²) in [5.41, 5.74) is 4.34. The predicted molar refractivity (Wildman–Crippen MR) is 201 cm³/mol. The van der Waals surface area contributed by atoms with E-state index in [0.29, 0.717) is 34.3 Å². The van der Waals surface area contributed by atoms with Gasteiger partial charge in [-0.1, -0.05) is 55.3 Å². The van der Waals surface area contributed by atoms with Crippen LogP contribution >= 0.6 is 0 Å². The molecule has 4 aromatic carbocycles. The molecule has 0 aliphatic heterocycles. The minimum atomic E-state index is -0.410. The second-order valence-corrected chi connectivity index (χ2v) is 12.0. The Kier molecular flexibility index (Phi) is 11.2. The number of amides is 3. The highest BCUT2D eigenvalue weighted by Gasteiger charge is 2.16. The van der Waals surface area contributed by atoms with Gasteiger partial charge in [-0.05, 0) is 56.2 Å². The lowest BCUT2D eigenvalue weighted by Crippen LogP contribution is -2.26. The van der Waals surface area contributed by atoms with Crippen LogP contribution in [-0.2, 0) is 6.42 Å². The van der Waals surface area contributed by atoms with Gasteiger partial charge in [0.15, 0.2) is 0 Å². The molecule has 2 heterocycles. The van der Waals surface area contributed by atoms with Gasteiger partial charge in [-0.2, -0.15) is 10.1 Å². The van der Waals surface area contributed by atoms with Crippen molar-refractivity contribution in [2.24, 2.45) is 0 Å². The molecule has 2 aromatic heterocycles. The fourth-order valence-corrected chi connectivity index (χ4v) is 5.51. The van der Waals surface area contributed by atoms with E-state index in [1.807, 2.05) is 61.5 Å². The van der Waals surface area contributed by atoms with Crippen molar-refractivity contribution in [1.29, 1.82) is 0 Å². The largest absolute Gasteiger partial charge is 0.497 e. The normalized spacial score (nSPS) is 10.8. The van der Waals surface area contributed by atoms with Gasteiger partial charge in [0.2, 0.25) is 11.8 Å². The van der Waals surface area contributed by atoms with Crippen molar-refractivity contribution in [2.45, 2.75) is 33.1 Å². The zero-order valence-corrected chi connectivity index (χ0v) is 29.1. The molecule has 6 aromatic rings. The number of ether oxygens (including phenoxy) is 2. The number of benzene rings is 4. The summed E-state index contributed by atoms with van der Waals surface area (Å²) in [6, 6.07) is 27.2. The number of urea groups is 1. The van der Waals surface area contributed by atoms with E-state index in [2.05, 4.69) is 38.2 Å². The molecule has 6 rings (SSSR count). The molecule has 52 heavy (non-hydrogen) atoms. The van der Waals surface area contributed by atoms with E-state index in [9.17, 15) is 9.59 Å². The van der Waals surface area contributed by atoms with Crippen LogP contribution in [-0.4, -0.2) is 57.1 Å². The van der Waals surface area contributed by atoms with E-state index in [1.165, 1.54) is 7.11 Å². The molecule has 0 radical (unpaired) electrons. The van der Waals surface area contributed by atoms with Crippen molar-refractivity contribution < 1.29 is 24.2 Å². The minimum absolute atomic E-state index is 0.126. The van der Waals surface area contributed by atoms with Gasteiger partial charge in [-0.15, -0.1) is 0 Å². The number of hydrogen-bond donors (Lipinski definition) is 5. The summed E-state index contributed by atoms with van der Waals surface area (Å²) in [5, 5.41) is 27.1. The van der Waals surface area contributed by atoms with Crippen molar-refractivity contribution in [2.75, 3.05) is 36.2 Å². The van der Waals surface area contributed by atoms with E-state index in [-0.39, 0.29) is 30.9 Å². The molecule has 0 unspecified atom stereocenters. The predicted octanol–water partition coefficient (Wildman–Crippen LogP) is 7.38. The molecule has 0 saturated carbocycles. The summed E-state index contributed by atoms with van der Waals surface area (Å²) in [6.45, 7) is 4.12. The third-order valence-electron chi connectivity index (χ3n) is 8.10. The maximum Gasteiger partial charge on any atom is 0.324 e. The number of nitrogens with zero attached hydrogens (tertiary/aromatic N) is 4. The number of methoxy groups -OCH3 is 1. The molecular weight excluding hydrogens is 660 g/mol. The van der Waals surface area contributed by atoms with E-state index in [1.54, 1.807) is 47.3 Å². The van der Waals surface area contributed by atoms with Gasteiger partial charge in [0.05, 0.1) is 30.8 Å². The Hall–Kier alpha value is -6.47. The third-order valence-corrected chi connectivity index (χ3v) is 8.10.